The van der Waals surface area contributed by atoms with Crippen LogP contribution in [0.15, 0.2) is 17.5 Å². The van der Waals surface area contributed by atoms with Gasteiger partial charge in [-0.25, -0.2) is 4.79 Å². The van der Waals surface area contributed by atoms with E-state index in [1.54, 1.807) is 25.5 Å². The van der Waals surface area contributed by atoms with Gasteiger partial charge in [0.15, 0.2) is 0 Å². The number of hydrogen-bond acceptors (Lipinski definition) is 4. The van der Waals surface area contributed by atoms with Gasteiger partial charge in [-0.05, 0) is 23.1 Å². The van der Waals surface area contributed by atoms with E-state index in [2.05, 4.69) is 5.32 Å². The third-order valence-corrected chi connectivity index (χ3v) is 3.36. The van der Waals surface area contributed by atoms with Crippen LogP contribution in [0.25, 0.3) is 6.08 Å². The molecule has 0 saturated heterocycles. The molecule has 1 aromatic heterocycles. The molecule has 1 heterocycles. The van der Waals surface area contributed by atoms with Gasteiger partial charge in [-0.2, -0.15) is 0 Å². The van der Waals surface area contributed by atoms with Crippen LogP contribution in [0.1, 0.15) is 21.7 Å². The van der Waals surface area contributed by atoms with Crippen LogP contribution >= 0.6 is 11.3 Å². The fourth-order valence-electron chi connectivity index (χ4n) is 1.38. The first-order valence-electron chi connectivity index (χ1n) is 5.88. The number of nitrogens with one attached hydrogen (secondary N) is 1. The molecule has 108 valence electrons. The van der Waals surface area contributed by atoms with Crippen molar-refractivity contribution in [2.45, 2.75) is 6.42 Å². The monoisotopic (exact) mass is 296 g/mol. The molecule has 0 aromatic carbocycles. The minimum Gasteiger partial charge on any atom is -0.478 e. The van der Waals surface area contributed by atoms with Crippen LogP contribution in [-0.4, -0.2) is 48.4 Å². The van der Waals surface area contributed by atoms with Crippen molar-refractivity contribution in [2.75, 3.05) is 20.6 Å². The zero-order valence-corrected chi connectivity index (χ0v) is 12.1. The summed E-state index contributed by atoms with van der Waals surface area (Å²) in [5.41, 5.74) is 0.550. The van der Waals surface area contributed by atoms with Gasteiger partial charge < -0.3 is 15.3 Å². The maximum absolute atomic E-state index is 11.9. The van der Waals surface area contributed by atoms with Crippen LogP contribution in [0.2, 0.25) is 0 Å². The highest BCUT2D eigenvalue weighted by Gasteiger charge is 2.12. The number of carbonyl (C=O) groups is 3. The van der Waals surface area contributed by atoms with Crippen LogP contribution < -0.4 is 5.32 Å². The maximum Gasteiger partial charge on any atom is 0.328 e. The Morgan fingerprint density at radius 1 is 1.40 bits per heavy atom. The molecular weight excluding hydrogens is 280 g/mol. The van der Waals surface area contributed by atoms with Crippen LogP contribution in [0.3, 0.4) is 0 Å². The Hall–Kier alpha value is -2.15. The summed E-state index contributed by atoms with van der Waals surface area (Å²) in [5, 5.41) is 12.9. The lowest BCUT2D eigenvalue weighted by Crippen LogP contribution is -2.30. The molecule has 0 unspecified atom stereocenters. The van der Waals surface area contributed by atoms with E-state index in [0.29, 0.717) is 10.4 Å². The zero-order chi connectivity index (χ0) is 15.1. The van der Waals surface area contributed by atoms with E-state index in [-0.39, 0.29) is 24.8 Å². The second kappa shape index (κ2) is 7.44. The van der Waals surface area contributed by atoms with E-state index in [9.17, 15) is 14.4 Å². The molecule has 0 saturated carbocycles. The number of thiophene rings is 1. The molecule has 1 rings (SSSR count). The van der Waals surface area contributed by atoms with Gasteiger partial charge in [-0.15, -0.1) is 11.3 Å². The quantitative estimate of drug-likeness (QED) is 0.768. The van der Waals surface area contributed by atoms with Crippen molar-refractivity contribution in [3.63, 3.8) is 0 Å². The summed E-state index contributed by atoms with van der Waals surface area (Å²) in [7, 11) is 3.30. The van der Waals surface area contributed by atoms with Gasteiger partial charge in [0.1, 0.15) is 0 Å². The molecule has 0 radical (unpaired) electrons. The maximum atomic E-state index is 11.9. The molecule has 0 fully saturated rings. The topological polar surface area (TPSA) is 86.7 Å². The van der Waals surface area contributed by atoms with E-state index >= 15 is 0 Å². The zero-order valence-electron chi connectivity index (χ0n) is 11.3. The highest BCUT2D eigenvalue weighted by molar-refractivity contribution is 7.12. The molecular formula is C13H16N2O4S. The first-order chi connectivity index (χ1) is 9.41. The van der Waals surface area contributed by atoms with E-state index in [1.165, 1.54) is 22.3 Å². The Kier molecular flexibility index (Phi) is 5.92. The van der Waals surface area contributed by atoms with Crippen molar-refractivity contribution in [1.29, 1.82) is 0 Å². The summed E-state index contributed by atoms with van der Waals surface area (Å²) in [6, 6.07) is 1.67. The average Bonchev–Trinajstić information content (AvgIpc) is 2.84. The summed E-state index contributed by atoms with van der Waals surface area (Å²) in [6.07, 6.45) is 2.58. The fourth-order valence-corrected chi connectivity index (χ4v) is 2.18. The summed E-state index contributed by atoms with van der Waals surface area (Å²) >= 11 is 1.22. The molecule has 7 heteroatoms. The standard InChI is InChI=1S/C13H16N2O4S/c1-15(2)10(16)5-7-14-13(19)12-9(6-8-20-12)3-4-11(17)18/h3-4,6,8H,5,7H2,1-2H3,(H,14,19)(H,17,18). The molecule has 0 aliphatic carbocycles. The van der Waals surface area contributed by atoms with Gasteiger partial charge in [0.05, 0.1) is 4.88 Å². The van der Waals surface area contributed by atoms with Crippen LogP contribution in [0, 0.1) is 0 Å². The van der Waals surface area contributed by atoms with Crippen molar-refractivity contribution >= 4 is 35.2 Å². The van der Waals surface area contributed by atoms with E-state index in [1.807, 2.05) is 0 Å². The van der Waals surface area contributed by atoms with E-state index in [0.717, 1.165) is 6.08 Å². The smallest absolute Gasteiger partial charge is 0.328 e. The largest absolute Gasteiger partial charge is 0.478 e. The van der Waals surface area contributed by atoms with Crippen molar-refractivity contribution in [2.24, 2.45) is 0 Å². The summed E-state index contributed by atoms with van der Waals surface area (Å²) < 4.78 is 0. The second-order valence-corrected chi connectivity index (χ2v) is 5.09. The van der Waals surface area contributed by atoms with Gasteiger partial charge in [0.25, 0.3) is 5.91 Å². The normalized spacial score (nSPS) is 10.5. The van der Waals surface area contributed by atoms with Crippen LogP contribution in [0.4, 0.5) is 0 Å². The molecule has 0 aliphatic heterocycles. The number of amides is 2. The number of carbonyl (C=O) groups excluding carboxylic acids is 2. The number of rotatable bonds is 6. The fraction of sp³-hybridized carbons (Fsp3) is 0.308. The van der Waals surface area contributed by atoms with Crippen molar-refractivity contribution < 1.29 is 19.5 Å². The van der Waals surface area contributed by atoms with Gasteiger partial charge in [-0.1, -0.05) is 0 Å². The number of carboxylic acid groups (broad SMARTS) is 1. The second-order valence-electron chi connectivity index (χ2n) is 4.17. The lowest BCUT2D eigenvalue weighted by atomic mass is 10.2. The lowest BCUT2D eigenvalue weighted by molar-refractivity contribution is -0.131. The van der Waals surface area contributed by atoms with Crippen molar-refractivity contribution in [1.82, 2.24) is 10.2 Å². The average molecular weight is 296 g/mol. The molecule has 20 heavy (non-hydrogen) atoms. The molecule has 6 nitrogen and oxygen atoms in total. The van der Waals surface area contributed by atoms with E-state index < -0.39 is 5.97 Å². The molecule has 0 atom stereocenters. The Balaban J connectivity index is 2.58. The molecule has 0 bridgehead atoms. The highest BCUT2D eigenvalue weighted by atomic mass is 32.1. The molecule has 0 spiro atoms. The summed E-state index contributed by atoms with van der Waals surface area (Å²) in [4.78, 5) is 35.6. The first kappa shape index (κ1) is 15.9. The highest BCUT2D eigenvalue weighted by Crippen LogP contribution is 2.18. The number of aliphatic carboxylic acids is 1. The summed E-state index contributed by atoms with van der Waals surface area (Å²) in [5.74, 6) is -1.45. The number of nitrogens with zero attached hydrogens (tertiary/aromatic N) is 1. The van der Waals surface area contributed by atoms with Gasteiger partial charge in [0.2, 0.25) is 5.91 Å². The predicted molar refractivity (Wildman–Crippen MR) is 76.6 cm³/mol. The Morgan fingerprint density at radius 2 is 2.10 bits per heavy atom. The molecule has 0 aliphatic rings. The predicted octanol–water partition coefficient (Wildman–Crippen LogP) is 1.05. The van der Waals surface area contributed by atoms with Crippen molar-refractivity contribution in [3.8, 4) is 0 Å². The Morgan fingerprint density at radius 3 is 2.70 bits per heavy atom. The SMILES string of the molecule is CN(C)C(=O)CCNC(=O)c1sccc1C=CC(=O)O. The first-order valence-corrected chi connectivity index (χ1v) is 6.76. The van der Waals surface area contributed by atoms with Gasteiger partial charge >= 0.3 is 5.97 Å². The molecule has 2 N–H and O–H groups in total. The lowest BCUT2D eigenvalue weighted by Gasteiger charge is -2.10. The number of hydrogen-bond donors (Lipinski definition) is 2. The van der Waals surface area contributed by atoms with E-state index in [4.69, 9.17) is 5.11 Å². The Bertz CT molecular complexity index is 534. The van der Waals surface area contributed by atoms with Crippen LogP contribution in [-0.2, 0) is 9.59 Å². The molecule has 1 aromatic rings. The van der Waals surface area contributed by atoms with Gasteiger partial charge in [-0.3, -0.25) is 9.59 Å². The Labute approximate surface area is 120 Å². The minimum absolute atomic E-state index is 0.0672. The summed E-state index contributed by atoms with van der Waals surface area (Å²) in [6.45, 7) is 0.246. The molecule has 2 amide bonds. The third-order valence-electron chi connectivity index (χ3n) is 2.43. The third kappa shape index (κ3) is 4.85. The minimum atomic E-state index is -1.07. The number of carboxylic acids is 1. The van der Waals surface area contributed by atoms with Crippen molar-refractivity contribution in [3.05, 3.63) is 28.0 Å². The van der Waals surface area contributed by atoms with Gasteiger partial charge in [0, 0.05) is 33.1 Å². The van der Waals surface area contributed by atoms with Crippen LogP contribution in [0.5, 0.6) is 0 Å².